The van der Waals surface area contributed by atoms with E-state index in [2.05, 4.69) is 15.0 Å². The summed E-state index contributed by atoms with van der Waals surface area (Å²) in [4.78, 5) is 29.5. The van der Waals surface area contributed by atoms with Crippen molar-refractivity contribution in [1.82, 2.24) is 9.55 Å². The standard InChI is InChI=1S/C19H13ClF3N3O3S/c20-11-7-14-15(27)6-5-13(26(14)9-11)17(28)25-18-24-8-16(30-18)10-1-3-12(4-2-10)29-19(21,22)23/h1-4,7-9,13H,5-6H2,(H,24,25,28). The van der Waals surface area contributed by atoms with Crippen molar-refractivity contribution in [2.24, 2.45) is 0 Å². The molecule has 1 aliphatic heterocycles. The second kappa shape index (κ2) is 7.77. The van der Waals surface area contributed by atoms with Gasteiger partial charge in [0, 0.05) is 18.8 Å². The van der Waals surface area contributed by atoms with E-state index < -0.39 is 12.4 Å². The van der Waals surface area contributed by atoms with E-state index in [1.54, 1.807) is 10.8 Å². The maximum Gasteiger partial charge on any atom is 0.573 e. The molecule has 0 aliphatic carbocycles. The Bertz CT molecular complexity index is 1110. The van der Waals surface area contributed by atoms with E-state index in [-0.39, 0.29) is 23.9 Å². The van der Waals surface area contributed by atoms with Crippen molar-refractivity contribution in [3.63, 3.8) is 0 Å². The topological polar surface area (TPSA) is 73.2 Å². The van der Waals surface area contributed by atoms with Gasteiger partial charge in [0.05, 0.1) is 15.6 Å². The van der Waals surface area contributed by atoms with Crippen molar-refractivity contribution < 1.29 is 27.5 Å². The summed E-state index contributed by atoms with van der Waals surface area (Å²) in [6.07, 6.45) is -1.09. The Kier molecular flexibility index (Phi) is 5.29. The van der Waals surface area contributed by atoms with Crippen LogP contribution >= 0.6 is 22.9 Å². The Labute approximate surface area is 177 Å². The summed E-state index contributed by atoms with van der Waals surface area (Å²) in [5.41, 5.74) is 1.03. The number of halogens is 4. The van der Waals surface area contributed by atoms with Crippen LogP contribution in [-0.4, -0.2) is 27.6 Å². The number of aromatic nitrogens is 2. The van der Waals surface area contributed by atoms with E-state index in [4.69, 9.17) is 11.6 Å². The third kappa shape index (κ3) is 4.34. The van der Waals surface area contributed by atoms with Gasteiger partial charge in [0.1, 0.15) is 11.8 Å². The summed E-state index contributed by atoms with van der Waals surface area (Å²) >= 11 is 7.15. The van der Waals surface area contributed by atoms with E-state index in [1.165, 1.54) is 47.9 Å². The van der Waals surface area contributed by atoms with Crippen molar-refractivity contribution in [3.05, 3.63) is 53.4 Å². The predicted molar refractivity (Wildman–Crippen MR) is 105 cm³/mol. The number of carbonyl (C=O) groups is 2. The fraction of sp³-hybridized carbons (Fsp3) is 0.211. The first kappa shape index (κ1) is 20.4. The van der Waals surface area contributed by atoms with Crippen LogP contribution < -0.4 is 10.1 Å². The lowest BCUT2D eigenvalue weighted by Crippen LogP contribution is -2.31. The zero-order valence-corrected chi connectivity index (χ0v) is 16.6. The molecule has 1 atom stereocenters. The van der Waals surface area contributed by atoms with Gasteiger partial charge in [-0.1, -0.05) is 22.9 Å². The Morgan fingerprint density at radius 2 is 2.03 bits per heavy atom. The minimum atomic E-state index is -4.75. The van der Waals surface area contributed by atoms with Gasteiger partial charge in [0.2, 0.25) is 5.91 Å². The van der Waals surface area contributed by atoms with Crippen LogP contribution in [0, 0.1) is 0 Å². The number of rotatable bonds is 4. The summed E-state index contributed by atoms with van der Waals surface area (Å²) in [5.74, 6) is -0.719. The van der Waals surface area contributed by atoms with Crippen molar-refractivity contribution in [2.75, 3.05) is 5.32 Å². The van der Waals surface area contributed by atoms with Crippen LogP contribution in [0.15, 0.2) is 42.7 Å². The van der Waals surface area contributed by atoms with Gasteiger partial charge >= 0.3 is 6.36 Å². The highest BCUT2D eigenvalue weighted by Crippen LogP contribution is 2.33. The average Bonchev–Trinajstić information content (AvgIpc) is 3.28. The zero-order chi connectivity index (χ0) is 21.5. The lowest BCUT2D eigenvalue weighted by atomic mass is 10.0. The van der Waals surface area contributed by atoms with E-state index in [0.29, 0.717) is 32.7 Å². The van der Waals surface area contributed by atoms with E-state index in [1.807, 2.05) is 0 Å². The summed E-state index contributed by atoms with van der Waals surface area (Å²) in [6, 6.07) is 6.31. The molecular weight excluding hydrogens is 443 g/mol. The maximum absolute atomic E-state index is 12.7. The molecular formula is C19H13ClF3N3O3S. The third-order valence-electron chi connectivity index (χ3n) is 4.49. The maximum atomic E-state index is 12.7. The van der Waals surface area contributed by atoms with Crippen LogP contribution in [0.25, 0.3) is 10.4 Å². The summed E-state index contributed by atoms with van der Waals surface area (Å²) in [7, 11) is 0. The first-order valence-electron chi connectivity index (χ1n) is 8.73. The van der Waals surface area contributed by atoms with Gasteiger partial charge in [-0.25, -0.2) is 4.98 Å². The minimum absolute atomic E-state index is 0.0690. The quantitative estimate of drug-likeness (QED) is 0.578. The lowest BCUT2D eigenvalue weighted by Gasteiger charge is -2.23. The summed E-state index contributed by atoms with van der Waals surface area (Å²) < 4.78 is 42.2. The Morgan fingerprint density at radius 1 is 1.30 bits per heavy atom. The molecule has 1 N–H and O–H groups in total. The highest BCUT2D eigenvalue weighted by atomic mass is 35.5. The number of thiazole rings is 1. The monoisotopic (exact) mass is 455 g/mol. The number of nitrogens with one attached hydrogen (secondary N) is 1. The molecule has 1 aliphatic rings. The number of hydrogen-bond acceptors (Lipinski definition) is 5. The van der Waals surface area contributed by atoms with E-state index in [0.717, 1.165) is 0 Å². The van der Waals surface area contributed by atoms with Gasteiger partial charge in [-0.3, -0.25) is 9.59 Å². The number of fused-ring (bicyclic) bond motifs is 1. The highest BCUT2D eigenvalue weighted by molar-refractivity contribution is 7.19. The number of nitrogens with zero attached hydrogens (tertiary/aromatic N) is 2. The molecule has 156 valence electrons. The van der Waals surface area contributed by atoms with Gasteiger partial charge in [-0.05, 0) is 42.3 Å². The van der Waals surface area contributed by atoms with Gasteiger partial charge in [0.15, 0.2) is 10.9 Å². The fourth-order valence-corrected chi connectivity index (χ4v) is 4.23. The molecule has 0 spiro atoms. The normalized spacial score (nSPS) is 16.3. The zero-order valence-electron chi connectivity index (χ0n) is 15.1. The molecule has 0 radical (unpaired) electrons. The predicted octanol–water partition coefficient (Wildman–Crippen LogP) is 5.32. The molecule has 1 amide bonds. The van der Waals surface area contributed by atoms with Crippen molar-refractivity contribution in [2.45, 2.75) is 25.2 Å². The number of anilines is 1. The number of alkyl halides is 3. The molecule has 0 saturated heterocycles. The first-order valence-corrected chi connectivity index (χ1v) is 9.92. The molecule has 0 saturated carbocycles. The number of amides is 1. The molecule has 30 heavy (non-hydrogen) atoms. The highest BCUT2D eigenvalue weighted by Gasteiger charge is 2.32. The van der Waals surface area contributed by atoms with Crippen LogP contribution in [0.2, 0.25) is 5.02 Å². The SMILES string of the molecule is O=C1CCC(C(=O)Nc2ncc(-c3ccc(OC(F)(F)F)cc3)s2)n2cc(Cl)cc21. The molecule has 1 unspecified atom stereocenters. The average molecular weight is 456 g/mol. The summed E-state index contributed by atoms with van der Waals surface area (Å²) in [5, 5.41) is 3.45. The molecule has 3 aromatic rings. The second-order valence-corrected chi connectivity index (χ2v) is 7.99. The molecule has 0 bridgehead atoms. The largest absolute Gasteiger partial charge is 0.573 e. The molecule has 11 heteroatoms. The third-order valence-corrected chi connectivity index (χ3v) is 5.66. The smallest absolute Gasteiger partial charge is 0.406 e. The van der Waals surface area contributed by atoms with Gasteiger partial charge in [0.25, 0.3) is 0 Å². The Balaban J connectivity index is 1.47. The number of ether oxygens (including phenoxy) is 1. The van der Waals surface area contributed by atoms with Crippen molar-refractivity contribution in [1.29, 1.82) is 0 Å². The number of carbonyl (C=O) groups excluding carboxylic acids is 2. The van der Waals surface area contributed by atoms with Crippen LogP contribution in [0.4, 0.5) is 18.3 Å². The van der Waals surface area contributed by atoms with E-state index >= 15 is 0 Å². The lowest BCUT2D eigenvalue weighted by molar-refractivity contribution is -0.274. The molecule has 0 fully saturated rings. The molecule has 2 aromatic heterocycles. The van der Waals surface area contributed by atoms with Gasteiger partial charge in [-0.15, -0.1) is 13.2 Å². The van der Waals surface area contributed by atoms with Crippen molar-refractivity contribution in [3.8, 4) is 16.2 Å². The van der Waals surface area contributed by atoms with Crippen molar-refractivity contribution >= 4 is 39.8 Å². The second-order valence-electron chi connectivity index (χ2n) is 6.52. The van der Waals surface area contributed by atoms with Crippen LogP contribution in [-0.2, 0) is 4.79 Å². The van der Waals surface area contributed by atoms with Gasteiger partial charge in [-0.2, -0.15) is 0 Å². The number of Topliss-reactive ketones (excluding diaryl/α,β-unsaturated/α-hetero) is 1. The minimum Gasteiger partial charge on any atom is -0.406 e. The molecule has 3 heterocycles. The molecule has 6 nitrogen and oxygen atoms in total. The number of benzene rings is 1. The van der Waals surface area contributed by atoms with E-state index in [9.17, 15) is 22.8 Å². The number of ketones is 1. The molecule has 1 aromatic carbocycles. The Hall–Kier alpha value is -2.85. The van der Waals surface area contributed by atoms with Crippen LogP contribution in [0.5, 0.6) is 5.75 Å². The first-order chi connectivity index (χ1) is 14.2. The number of hydrogen-bond donors (Lipinski definition) is 1. The van der Waals surface area contributed by atoms with Gasteiger partial charge < -0.3 is 14.6 Å². The van der Waals surface area contributed by atoms with Crippen LogP contribution in [0.3, 0.4) is 0 Å². The Morgan fingerprint density at radius 3 is 2.73 bits per heavy atom. The fourth-order valence-electron chi connectivity index (χ4n) is 3.19. The molecule has 4 rings (SSSR count). The van der Waals surface area contributed by atoms with Crippen LogP contribution in [0.1, 0.15) is 29.4 Å². The summed E-state index contributed by atoms with van der Waals surface area (Å²) in [6.45, 7) is 0.